The van der Waals surface area contributed by atoms with E-state index in [1.165, 1.54) is 11.1 Å². The second-order valence-corrected chi connectivity index (χ2v) is 4.86. The number of hydrogen-bond donors (Lipinski definition) is 2. The van der Waals surface area contributed by atoms with Crippen LogP contribution in [0.3, 0.4) is 0 Å². The van der Waals surface area contributed by atoms with Gasteiger partial charge in [-0.2, -0.15) is 0 Å². The second kappa shape index (κ2) is 6.09. The predicted octanol–water partition coefficient (Wildman–Crippen LogP) is 3.87. The van der Waals surface area contributed by atoms with Crippen LogP contribution in [0.5, 0.6) is 0 Å². The van der Waals surface area contributed by atoms with E-state index in [4.69, 9.17) is 5.73 Å². The van der Waals surface area contributed by atoms with Gasteiger partial charge in [0.05, 0.1) is 23.6 Å². The van der Waals surface area contributed by atoms with Gasteiger partial charge in [-0.1, -0.05) is 60.7 Å². The smallest absolute Gasteiger partial charge is 0.0768 e. The van der Waals surface area contributed by atoms with Crippen LogP contribution < -0.4 is 11.1 Å². The molecule has 0 aliphatic rings. The lowest BCUT2D eigenvalue weighted by molar-refractivity contribution is 0.939. The first kappa shape index (κ1) is 13.2. The molecule has 0 radical (unpaired) electrons. The fraction of sp³-hybridized carbons (Fsp3) is 0.0556. The number of anilines is 2. The normalized spacial score (nSPS) is 10.5. The van der Waals surface area contributed by atoms with Crippen LogP contribution >= 0.6 is 0 Å². The number of aromatic nitrogens is 1. The number of hydrogen-bond acceptors (Lipinski definition) is 3. The summed E-state index contributed by atoms with van der Waals surface area (Å²) < 4.78 is 0. The molecule has 0 spiro atoms. The quantitative estimate of drug-likeness (QED) is 0.760. The molecule has 3 aromatic rings. The zero-order chi connectivity index (χ0) is 14.5. The maximum Gasteiger partial charge on any atom is 0.0768 e. The molecule has 0 saturated carbocycles. The number of nitrogens with zero attached hydrogens (tertiary/aromatic N) is 1. The molecule has 104 valence electrons. The van der Waals surface area contributed by atoms with Gasteiger partial charge < -0.3 is 11.1 Å². The Hall–Kier alpha value is -2.81. The monoisotopic (exact) mass is 275 g/mol. The van der Waals surface area contributed by atoms with Crippen molar-refractivity contribution >= 4 is 11.4 Å². The molecule has 3 nitrogen and oxygen atoms in total. The number of nitrogen functional groups attached to an aromatic ring is 1. The van der Waals surface area contributed by atoms with E-state index in [0.717, 1.165) is 5.69 Å². The highest BCUT2D eigenvalue weighted by Crippen LogP contribution is 2.28. The Morgan fingerprint density at radius 3 is 1.90 bits per heavy atom. The summed E-state index contributed by atoms with van der Waals surface area (Å²) in [6.07, 6.45) is 3.40. The van der Waals surface area contributed by atoms with Gasteiger partial charge in [0.1, 0.15) is 0 Å². The van der Waals surface area contributed by atoms with Crippen LogP contribution in [0.15, 0.2) is 79.1 Å². The van der Waals surface area contributed by atoms with Gasteiger partial charge in [0.15, 0.2) is 0 Å². The summed E-state index contributed by atoms with van der Waals surface area (Å²) in [5.74, 6) is 0. The highest BCUT2D eigenvalue weighted by Gasteiger charge is 2.14. The Morgan fingerprint density at radius 1 is 0.810 bits per heavy atom. The summed E-state index contributed by atoms with van der Waals surface area (Å²) >= 11 is 0. The molecule has 3 heteroatoms. The maximum atomic E-state index is 6.00. The summed E-state index contributed by atoms with van der Waals surface area (Å²) in [7, 11) is 0. The fourth-order valence-electron chi connectivity index (χ4n) is 2.34. The van der Waals surface area contributed by atoms with E-state index in [1.807, 2.05) is 42.5 Å². The van der Waals surface area contributed by atoms with Crippen molar-refractivity contribution in [2.45, 2.75) is 6.04 Å². The molecule has 2 aromatic carbocycles. The van der Waals surface area contributed by atoms with Crippen LogP contribution in [0.2, 0.25) is 0 Å². The van der Waals surface area contributed by atoms with Crippen LogP contribution in [-0.2, 0) is 0 Å². The van der Waals surface area contributed by atoms with Gasteiger partial charge in [0.2, 0.25) is 0 Å². The Morgan fingerprint density at radius 2 is 1.38 bits per heavy atom. The zero-order valence-corrected chi connectivity index (χ0v) is 11.6. The molecule has 1 aromatic heterocycles. The topological polar surface area (TPSA) is 50.9 Å². The largest absolute Gasteiger partial charge is 0.396 e. The second-order valence-electron chi connectivity index (χ2n) is 4.86. The van der Waals surface area contributed by atoms with E-state index in [1.54, 1.807) is 12.4 Å². The molecule has 3 rings (SSSR count). The first-order chi connectivity index (χ1) is 10.3. The summed E-state index contributed by atoms with van der Waals surface area (Å²) in [6.45, 7) is 0. The van der Waals surface area contributed by atoms with Crippen LogP contribution in [0.1, 0.15) is 17.2 Å². The van der Waals surface area contributed by atoms with Gasteiger partial charge in [-0.25, -0.2) is 0 Å². The summed E-state index contributed by atoms with van der Waals surface area (Å²) in [5.41, 5.74) is 9.93. The molecule has 21 heavy (non-hydrogen) atoms. The third-order valence-corrected chi connectivity index (χ3v) is 3.42. The minimum atomic E-state index is 0.0529. The molecule has 0 fully saturated rings. The van der Waals surface area contributed by atoms with Crippen LogP contribution in [0.4, 0.5) is 11.4 Å². The SMILES string of the molecule is Nc1cnccc1NC(c1ccccc1)c1ccccc1. The maximum absolute atomic E-state index is 6.00. The van der Waals surface area contributed by atoms with E-state index < -0.39 is 0 Å². The standard InChI is InChI=1S/C18H17N3/c19-16-13-20-12-11-17(16)21-18(14-7-3-1-4-8-14)15-9-5-2-6-10-15/h1-13,18H,19H2,(H,20,21). The Bertz CT molecular complexity index is 656. The molecule has 1 heterocycles. The predicted molar refractivity (Wildman–Crippen MR) is 87.0 cm³/mol. The molecule has 0 atom stereocenters. The van der Waals surface area contributed by atoms with Gasteiger partial charge >= 0.3 is 0 Å². The summed E-state index contributed by atoms with van der Waals surface area (Å²) in [6, 6.07) is 22.6. The van der Waals surface area contributed by atoms with E-state index in [0.29, 0.717) is 5.69 Å². The number of benzene rings is 2. The molecule has 0 aliphatic heterocycles. The molecule has 3 N–H and O–H groups in total. The van der Waals surface area contributed by atoms with Crippen molar-refractivity contribution in [2.75, 3.05) is 11.1 Å². The van der Waals surface area contributed by atoms with Crippen molar-refractivity contribution < 1.29 is 0 Å². The van der Waals surface area contributed by atoms with E-state index >= 15 is 0 Å². The minimum absolute atomic E-state index is 0.0529. The van der Waals surface area contributed by atoms with Crippen molar-refractivity contribution in [1.29, 1.82) is 0 Å². The third kappa shape index (κ3) is 3.03. The number of nitrogens with one attached hydrogen (secondary N) is 1. The minimum Gasteiger partial charge on any atom is -0.396 e. The average Bonchev–Trinajstić information content (AvgIpc) is 2.56. The van der Waals surface area contributed by atoms with E-state index in [-0.39, 0.29) is 6.04 Å². The Labute approximate surface area is 124 Å². The molecular formula is C18H17N3. The molecule has 0 unspecified atom stereocenters. The van der Waals surface area contributed by atoms with Crippen LogP contribution in [-0.4, -0.2) is 4.98 Å². The van der Waals surface area contributed by atoms with E-state index in [9.17, 15) is 0 Å². The first-order valence-electron chi connectivity index (χ1n) is 6.90. The average molecular weight is 275 g/mol. The van der Waals surface area contributed by atoms with Crippen molar-refractivity contribution in [3.05, 3.63) is 90.3 Å². The summed E-state index contributed by atoms with van der Waals surface area (Å²) in [4.78, 5) is 4.03. The number of pyridine rings is 1. The van der Waals surface area contributed by atoms with Gasteiger partial charge in [0.25, 0.3) is 0 Å². The molecule has 0 aliphatic carbocycles. The molecule has 0 bridgehead atoms. The molecular weight excluding hydrogens is 258 g/mol. The van der Waals surface area contributed by atoms with Crippen molar-refractivity contribution in [3.8, 4) is 0 Å². The zero-order valence-electron chi connectivity index (χ0n) is 11.6. The Balaban J connectivity index is 1.99. The molecule has 0 saturated heterocycles. The lowest BCUT2D eigenvalue weighted by atomic mass is 9.98. The van der Waals surface area contributed by atoms with E-state index in [2.05, 4.69) is 34.6 Å². The summed E-state index contributed by atoms with van der Waals surface area (Å²) in [5, 5.41) is 3.51. The van der Waals surface area contributed by atoms with Crippen LogP contribution in [0.25, 0.3) is 0 Å². The third-order valence-electron chi connectivity index (χ3n) is 3.42. The van der Waals surface area contributed by atoms with Crippen molar-refractivity contribution in [3.63, 3.8) is 0 Å². The number of rotatable bonds is 4. The van der Waals surface area contributed by atoms with Gasteiger partial charge in [-0.15, -0.1) is 0 Å². The lowest BCUT2D eigenvalue weighted by Gasteiger charge is -2.21. The van der Waals surface area contributed by atoms with Crippen molar-refractivity contribution in [1.82, 2.24) is 4.98 Å². The van der Waals surface area contributed by atoms with Gasteiger partial charge in [0, 0.05) is 6.20 Å². The van der Waals surface area contributed by atoms with Gasteiger partial charge in [-0.3, -0.25) is 4.98 Å². The van der Waals surface area contributed by atoms with Crippen LogP contribution in [0, 0.1) is 0 Å². The molecule has 0 amide bonds. The lowest BCUT2D eigenvalue weighted by Crippen LogP contribution is -2.13. The first-order valence-corrected chi connectivity index (χ1v) is 6.90. The van der Waals surface area contributed by atoms with Crippen molar-refractivity contribution in [2.24, 2.45) is 0 Å². The highest BCUT2D eigenvalue weighted by molar-refractivity contribution is 5.65. The number of nitrogens with two attached hydrogens (primary N) is 1. The van der Waals surface area contributed by atoms with Gasteiger partial charge in [-0.05, 0) is 17.2 Å². The highest BCUT2D eigenvalue weighted by atomic mass is 14.9. The fourth-order valence-corrected chi connectivity index (χ4v) is 2.34. The Kier molecular flexibility index (Phi) is 3.83.